The van der Waals surface area contributed by atoms with Crippen molar-refractivity contribution in [1.82, 2.24) is 30.2 Å². The molecule has 0 unspecified atom stereocenters. The van der Waals surface area contributed by atoms with Crippen LogP contribution in [0.2, 0.25) is 0 Å². The Morgan fingerprint density at radius 2 is 1.84 bits per heavy atom. The van der Waals surface area contributed by atoms with E-state index in [1.165, 1.54) is 17.0 Å². The Labute approximate surface area is 177 Å². The lowest BCUT2D eigenvalue weighted by Gasteiger charge is -2.12. The van der Waals surface area contributed by atoms with Gasteiger partial charge in [-0.05, 0) is 42.3 Å². The van der Waals surface area contributed by atoms with Crippen LogP contribution in [0.5, 0.6) is 0 Å². The van der Waals surface area contributed by atoms with Crippen molar-refractivity contribution >= 4 is 11.5 Å². The summed E-state index contributed by atoms with van der Waals surface area (Å²) in [5, 5.41) is 16.1. The molecule has 2 aromatic carbocycles. The second-order valence-electron chi connectivity index (χ2n) is 6.76. The molecule has 12 heteroatoms. The fourth-order valence-corrected chi connectivity index (χ4v) is 2.99. The third-order valence-electron chi connectivity index (χ3n) is 4.63. The first-order valence-electron chi connectivity index (χ1n) is 9.34. The van der Waals surface area contributed by atoms with Gasteiger partial charge in [0.05, 0.1) is 11.3 Å². The molecule has 4 rings (SSSR count). The predicted molar refractivity (Wildman–Crippen MR) is 106 cm³/mol. The highest BCUT2D eigenvalue weighted by molar-refractivity contribution is 5.57. The second kappa shape index (κ2) is 8.57. The summed E-state index contributed by atoms with van der Waals surface area (Å²) in [5.41, 5.74) is -0.482. The normalized spacial score (nSPS) is 11.5. The molecule has 2 aromatic heterocycles. The fraction of sp³-hybridized carbons (Fsp3) is 0.150. The number of tetrazole rings is 1. The first-order chi connectivity index (χ1) is 15.3. The van der Waals surface area contributed by atoms with Gasteiger partial charge in [-0.25, -0.2) is 9.37 Å². The van der Waals surface area contributed by atoms with Crippen LogP contribution in [-0.2, 0) is 19.0 Å². The lowest BCUT2D eigenvalue weighted by Crippen LogP contribution is -2.22. The molecule has 8 nitrogen and oxygen atoms in total. The largest absolute Gasteiger partial charge is 0.416 e. The minimum Gasteiger partial charge on any atom is -0.333 e. The van der Waals surface area contributed by atoms with Crippen molar-refractivity contribution in [3.63, 3.8) is 0 Å². The molecule has 0 aliphatic heterocycles. The Morgan fingerprint density at radius 3 is 2.50 bits per heavy atom. The third kappa shape index (κ3) is 4.63. The van der Waals surface area contributed by atoms with Crippen LogP contribution < -0.4 is 10.9 Å². The number of rotatable bonds is 6. The number of anilines is 2. The Balaban J connectivity index is 1.53. The van der Waals surface area contributed by atoms with Gasteiger partial charge in [-0.3, -0.25) is 9.36 Å². The summed E-state index contributed by atoms with van der Waals surface area (Å²) in [7, 11) is 0. The number of nitrogens with zero attached hydrogens (tertiary/aromatic N) is 5. The Hall–Kier alpha value is -4.09. The number of nitrogens with one attached hydrogen (secondary N) is 2. The maximum Gasteiger partial charge on any atom is 0.416 e. The van der Waals surface area contributed by atoms with Gasteiger partial charge in [0.1, 0.15) is 5.82 Å². The van der Waals surface area contributed by atoms with E-state index in [4.69, 9.17) is 0 Å². The lowest BCUT2D eigenvalue weighted by molar-refractivity contribution is -0.137. The molecule has 0 bridgehead atoms. The lowest BCUT2D eigenvalue weighted by atomic mass is 10.1. The summed E-state index contributed by atoms with van der Waals surface area (Å²) in [5.74, 6) is -0.791. The van der Waals surface area contributed by atoms with E-state index >= 15 is 0 Å². The number of alkyl halides is 3. The molecular formula is C20H15F4N7O. The Bertz CT molecular complexity index is 1270. The molecule has 0 saturated carbocycles. The summed E-state index contributed by atoms with van der Waals surface area (Å²) in [6.45, 7) is 0. The molecule has 0 aliphatic carbocycles. The highest BCUT2D eigenvalue weighted by Gasteiger charge is 2.31. The molecule has 0 aliphatic rings. The van der Waals surface area contributed by atoms with Crippen LogP contribution in [0.4, 0.5) is 29.1 Å². The average molecular weight is 445 g/mol. The molecule has 0 saturated heterocycles. The van der Waals surface area contributed by atoms with Crippen molar-refractivity contribution in [2.24, 2.45) is 0 Å². The molecule has 32 heavy (non-hydrogen) atoms. The van der Waals surface area contributed by atoms with E-state index in [0.29, 0.717) is 30.4 Å². The smallest absolute Gasteiger partial charge is 0.333 e. The van der Waals surface area contributed by atoms with Gasteiger partial charge < -0.3 is 5.32 Å². The first-order valence-corrected chi connectivity index (χ1v) is 9.34. The number of aryl methyl sites for hydroxylation is 2. The molecular weight excluding hydrogens is 430 g/mol. The number of aromatic amines is 1. The molecule has 2 N–H and O–H groups in total. The first kappa shape index (κ1) is 21.2. The van der Waals surface area contributed by atoms with Crippen LogP contribution >= 0.6 is 0 Å². The molecule has 4 aromatic rings. The summed E-state index contributed by atoms with van der Waals surface area (Å²) in [6.07, 6.45) is -0.640. The average Bonchev–Trinajstić information content (AvgIpc) is 3.28. The molecule has 0 atom stereocenters. The van der Waals surface area contributed by atoms with Gasteiger partial charge >= 0.3 is 6.18 Å². The second-order valence-corrected chi connectivity index (χ2v) is 6.76. The third-order valence-corrected chi connectivity index (χ3v) is 4.63. The van der Waals surface area contributed by atoms with Crippen LogP contribution in [0.1, 0.15) is 17.0 Å². The SMILES string of the molecule is O=c1c(Nc2ccc(C(F)(F)F)cc2F)nccn1-c1ccc(CCc2nn[nH]n2)cc1. The summed E-state index contributed by atoms with van der Waals surface area (Å²) >= 11 is 0. The number of hydrogen-bond acceptors (Lipinski definition) is 6. The molecule has 164 valence electrons. The van der Waals surface area contributed by atoms with Gasteiger partial charge in [0.25, 0.3) is 5.56 Å². The fourth-order valence-electron chi connectivity index (χ4n) is 2.99. The van der Waals surface area contributed by atoms with Crippen LogP contribution in [0.25, 0.3) is 5.69 Å². The van der Waals surface area contributed by atoms with E-state index in [9.17, 15) is 22.4 Å². The van der Waals surface area contributed by atoms with E-state index in [1.54, 1.807) is 12.1 Å². The van der Waals surface area contributed by atoms with Gasteiger partial charge in [0.15, 0.2) is 11.6 Å². The van der Waals surface area contributed by atoms with Crippen molar-refractivity contribution in [3.05, 3.63) is 88.0 Å². The Kier molecular flexibility index (Phi) is 5.67. The minimum atomic E-state index is -4.67. The highest BCUT2D eigenvalue weighted by atomic mass is 19.4. The number of H-pyrrole nitrogens is 1. The van der Waals surface area contributed by atoms with Gasteiger partial charge in [-0.1, -0.05) is 17.3 Å². The number of halogens is 4. The van der Waals surface area contributed by atoms with E-state index in [-0.39, 0.29) is 11.5 Å². The molecule has 0 radical (unpaired) electrons. The summed E-state index contributed by atoms with van der Waals surface area (Å²) < 4.78 is 53.6. The van der Waals surface area contributed by atoms with Crippen molar-refractivity contribution in [3.8, 4) is 5.69 Å². The number of benzene rings is 2. The van der Waals surface area contributed by atoms with Crippen molar-refractivity contribution in [2.45, 2.75) is 19.0 Å². The zero-order valence-electron chi connectivity index (χ0n) is 16.3. The summed E-state index contributed by atoms with van der Waals surface area (Å²) in [6, 6.07) is 9.13. The number of aromatic nitrogens is 6. The van der Waals surface area contributed by atoms with E-state index < -0.39 is 23.1 Å². The highest BCUT2D eigenvalue weighted by Crippen LogP contribution is 2.31. The van der Waals surface area contributed by atoms with Gasteiger partial charge in [-0.2, -0.15) is 18.4 Å². The van der Waals surface area contributed by atoms with Gasteiger partial charge in [0.2, 0.25) is 0 Å². The maximum atomic E-state index is 14.1. The molecule has 0 amide bonds. The quantitative estimate of drug-likeness (QED) is 0.441. The molecule has 0 spiro atoms. The topological polar surface area (TPSA) is 101 Å². The summed E-state index contributed by atoms with van der Waals surface area (Å²) in [4.78, 5) is 16.7. The Morgan fingerprint density at radius 1 is 1.06 bits per heavy atom. The van der Waals surface area contributed by atoms with Crippen LogP contribution in [0, 0.1) is 5.82 Å². The van der Waals surface area contributed by atoms with Crippen LogP contribution in [-0.4, -0.2) is 30.2 Å². The van der Waals surface area contributed by atoms with Crippen molar-refractivity contribution in [2.75, 3.05) is 5.32 Å². The minimum absolute atomic E-state index is 0.229. The van der Waals surface area contributed by atoms with E-state index in [2.05, 4.69) is 30.9 Å². The molecule has 2 heterocycles. The maximum absolute atomic E-state index is 14.1. The van der Waals surface area contributed by atoms with E-state index in [0.717, 1.165) is 17.7 Å². The molecule has 0 fully saturated rings. The zero-order chi connectivity index (χ0) is 22.7. The van der Waals surface area contributed by atoms with Crippen molar-refractivity contribution in [1.29, 1.82) is 0 Å². The predicted octanol–water partition coefficient (Wildman–Crippen LogP) is 3.43. The van der Waals surface area contributed by atoms with Crippen LogP contribution in [0.15, 0.2) is 59.7 Å². The van der Waals surface area contributed by atoms with Crippen molar-refractivity contribution < 1.29 is 17.6 Å². The van der Waals surface area contributed by atoms with E-state index in [1.807, 2.05) is 12.1 Å². The zero-order valence-corrected chi connectivity index (χ0v) is 16.3. The van der Waals surface area contributed by atoms with Gasteiger partial charge in [0, 0.05) is 24.5 Å². The standard InChI is InChI=1S/C20H15F4N7O/c21-15-11-13(20(22,23)24)4-7-16(15)26-18-19(32)31(10-9-25-18)14-5-1-12(2-6-14)3-8-17-27-29-30-28-17/h1-2,4-7,9-11H,3,8H2,(H,25,26)(H,27,28,29,30). The van der Waals surface area contributed by atoms with Gasteiger partial charge in [-0.15, -0.1) is 10.2 Å². The number of hydrogen-bond donors (Lipinski definition) is 2. The van der Waals surface area contributed by atoms with Crippen LogP contribution in [0.3, 0.4) is 0 Å². The monoisotopic (exact) mass is 445 g/mol.